The first kappa shape index (κ1) is 12.7. The number of hydrogen-bond acceptors (Lipinski definition) is 1. The smallest absolute Gasteiger partial charge is 0.101 e. The van der Waals surface area contributed by atoms with Gasteiger partial charge < -0.3 is 0 Å². The molecule has 0 saturated carbocycles. The van der Waals surface area contributed by atoms with E-state index >= 15 is 0 Å². The highest BCUT2D eigenvalue weighted by Crippen LogP contribution is 2.43. The van der Waals surface area contributed by atoms with Crippen LogP contribution in [0.15, 0.2) is 60.7 Å². The van der Waals surface area contributed by atoms with Crippen LogP contribution in [-0.4, -0.2) is 0 Å². The van der Waals surface area contributed by atoms with Crippen molar-refractivity contribution in [2.45, 2.75) is 0 Å². The lowest BCUT2D eigenvalue weighted by Crippen LogP contribution is -1.90. The molecule has 0 aliphatic carbocycles. The Bertz CT molecular complexity index is 1270. The van der Waals surface area contributed by atoms with E-state index in [1.54, 1.807) is 0 Å². The summed E-state index contributed by atoms with van der Waals surface area (Å²) in [5, 5.41) is 19.2. The first-order valence-corrected chi connectivity index (χ1v) is 7.85. The maximum absolute atomic E-state index is 9.67. The molecule has 0 bridgehead atoms. The van der Waals surface area contributed by atoms with E-state index < -0.39 is 0 Å². The Morgan fingerprint density at radius 3 is 2.00 bits per heavy atom. The third-order valence-corrected chi connectivity index (χ3v) is 4.99. The average molecular weight is 312 g/mol. The van der Waals surface area contributed by atoms with Gasteiger partial charge in [-0.05, 0) is 43.8 Å². The second-order valence-corrected chi connectivity index (χ2v) is 6.24. The number of hydrogen-bond donors (Lipinski definition) is 0. The van der Waals surface area contributed by atoms with Gasteiger partial charge in [-0.25, -0.2) is 0 Å². The van der Waals surface area contributed by atoms with Crippen molar-refractivity contribution >= 4 is 54.7 Å². The van der Waals surface area contributed by atoms with E-state index in [1.165, 1.54) is 21.5 Å². The molecular weight excluding hydrogens is 302 g/mol. The zero-order chi connectivity index (χ0) is 15.6. The van der Waals surface area contributed by atoms with Gasteiger partial charge in [-0.2, -0.15) is 5.26 Å². The number of halogens is 1. The van der Waals surface area contributed by atoms with Crippen LogP contribution in [0, 0.1) is 11.3 Å². The van der Waals surface area contributed by atoms with Crippen LogP contribution in [0.25, 0.3) is 43.1 Å². The van der Waals surface area contributed by atoms with Crippen molar-refractivity contribution in [2.75, 3.05) is 0 Å². The zero-order valence-corrected chi connectivity index (χ0v) is 12.9. The molecule has 0 amide bonds. The third-order valence-electron chi connectivity index (χ3n) is 4.69. The molecule has 5 aromatic rings. The largest absolute Gasteiger partial charge is 0.192 e. The van der Waals surface area contributed by atoms with Crippen molar-refractivity contribution in [2.24, 2.45) is 0 Å². The standard InChI is InChI=1S/C21H10ClN/c22-18-10-13-6-3-8-15-14-7-1-4-12-5-2-9-16(19(12)14)21(20(13)15)17(18)11-23/h1-10H. The molecule has 1 nitrogen and oxygen atoms in total. The summed E-state index contributed by atoms with van der Waals surface area (Å²) in [7, 11) is 0. The molecule has 0 aliphatic rings. The highest BCUT2D eigenvalue weighted by molar-refractivity contribution is 6.39. The average Bonchev–Trinajstić information content (AvgIpc) is 2.58. The molecule has 0 radical (unpaired) electrons. The van der Waals surface area contributed by atoms with E-state index in [0.29, 0.717) is 10.6 Å². The number of fused-ring (bicyclic) bond motifs is 2. The van der Waals surface area contributed by atoms with Crippen molar-refractivity contribution < 1.29 is 0 Å². The molecule has 5 aromatic carbocycles. The zero-order valence-electron chi connectivity index (χ0n) is 12.1. The van der Waals surface area contributed by atoms with Crippen molar-refractivity contribution in [3.05, 3.63) is 71.2 Å². The molecule has 0 spiro atoms. The topological polar surface area (TPSA) is 23.8 Å². The number of nitriles is 1. The van der Waals surface area contributed by atoms with E-state index in [0.717, 1.165) is 21.5 Å². The van der Waals surface area contributed by atoms with Crippen LogP contribution in [0.2, 0.25) is 5.02 Å². The Morgan fingerprint density at radius 1 is 0.696 bits per heavy atom. The van der Waals surface area contributed by atoms with E-state index in [1.807, 2.05) is 12.1 Å². The Hall–Kier alpha value is -2.82. The fraction of sp³-hybridized carbons (Fsp3) is 0. The number of benzene rings is 5. The first-order chi connectivity index (χ1) is 11.3. The molecule has 0 aromatic heterocycles. The van der Waals surface area contributed by atoms with Crippen LogP contribution < -0.4 is 0 Å². The summed E-state index contributed by atoms with van der Waals surface area (Å²) < 4.78 is 0. The summed E-state index contributed by atoms with van der Waals surface area (Å²) in [6.45, 7) is 0. The van der Waals surface area contributed by atoms with Crippen molar-refractivity contribution in [3.63, 3.8) is 0 Å². The molecule has 0 aliphatic heterocycles. The van der Waals surface area contributed by atoms with Crippen molar-refractivity contribution in [3.8, 4) is 6.07 Å². The van der Waals surface area contributed by atoms with E-state index in [2.05, 4.69) is 54.6 Å². The van der Waals surface area contributed by atoms with Gasteiger partial charge in [0.2, 0.25) is 0 Å². The molecule has 0 fully saturated rings. The Balaban J connectivity index is 2.32. The minimum absolute atomic E-state index is 0.517. The lowest BCUT2D eigenvalue weighted by atomic mass is 9.88. The van der Waals surface area contributed by atoms with Crippen LogP contribution in [0.1, 0.15) is 5.56 Å². The van der Waals surface area contributed by atoms with Crippen LogP contribution in [0.5, 0.6) is 0 Å². The van der Waals surface area contributed by atoms with E-state index in [4.69, 9.17) is 11.6 Å². The third kappa shape index (κ3) is 1.51. The normalized spacial score (nSPS) is 11.7. The molecule has 0 heterocycles. The fourth-order valence-corrected chi connectivity index (χ4v) is 4.05. The first-order valence-electron chi connectivity index (χ1n) is 7.47. The van der Waals surface area contributed by atoms with Gasteiger partial charge >= 0.3 is 0 Å². The summed E-state index contributed by atoms with van der Waals surface area (Å²) >= 11 is 6.40. The van der Waals surface area contributed by atoms with E-state index in [9.17, 15) is 5.26 Å². The van der Waals surface area contributed by atoms with Gasteiger partial charge in [0.05, 0.1) is 10.6 Å². The SMILES string of the molecule is N#Cc1c(Cl)cc2cccc3c4cccc5cccc(c1c23)c54. The molecule has 0 atom stereocenters. The maximum atomic E-state index is 9.67. The van der Waals surface area contributed by atoms with Gasteiger partial charge in [-0.15, -0.1) is 0 Å². The molecule has 5 rings (SSSR count). The van der Waals surface area contributed by atoms with Gasteiger partial charge in [0.1, 0.15) is 6.07 Å². The van der Waals surface area contributed by atoms with Gasteiger partial charge in [0, 0.05) is 5.39 Å². The Morgan fingerprint density at radius 2 is 1.30 bits per heavy atom. The summed E-state index contributed by atoms with van der Waals surface area (Å²) in [6.07, 6.45) is 0. The van der Waals surface area contributed by atoms with Crippen molar-refractivity contribution in [1.29, 1.82) is 5.26 Å². The second-order valence-electron chi connectivity index (χ2n) is 5.83. The lowest BCUT2D eigenvalue weighted by molar-refractivity contribution is 1.51. The quantitative estimate of drug-likeness (QED) is 0.244. The molecule has 2 heteroatoms. The summed E-state index contributed by atoms with van der Waals surface area (Å²) in [5.41, 5.74) is 0.564. The monoisotopic (exact) mass is 311 g/mol. The van der Waals surface area contributed by atoms with Crippen LogP contribution in [0.3, 0.4) is 0 Å². The molecule has 0 unspecified atom stereocenters. The van der Waals surface area contributed by atoms with Crippen molar-refractivity contribution in [1.82, 2.24) is 0 Å². The summed E-state index contributed by atoms with van der Waals surface area (Å²) in [4.78, 5) is 0. The van der Waals surface area contributed by atoms with Gasteiger partial charge in [-0.3, -0.25) is 0 Å². The molecule has 0 saturated heterocycles. The maximum Gasteiger partial charge on any atom is 0.101 e. The Labute approximate surface area is 137 Å². The fourth-order valence-electron chi connectivity index (χ4n) is 3.80. The van der Waals surface area contributed by atoms with Gasteiger partial charge in [0.15, 0.2) is 0 Å². The molecule has 23 heavy (non-hydrogen) atoms. The van der Waals surface area contributed by atoms with E-state index in [-0.39, 0.29) is 0 Å². The van der Waals surface area contributed by atoms with Crippen LogP contribution in [-0.2, 0) is 0 Å². The lowest BCUT2D eigenvalue weighted by Gasteiger charge is -2.15. The number of nitrogens with zero attached hydrogens (tertiary/aromatic N) is 1. The molecule has 0 N–H and O–H groups in total. The predicted molar refractivity (Wildman–Crippen MR) is 97.4 cm³/mol. The number of rotatable bonds is 0. The highest BCUT2D eigenvalue weighted by Gasteiger charge is 2.17. The van der Waals surface area contributed by atoms with Crippen LogP contribution >= 0.6 is 11.6 Å². The second kappa shape index (κ2) is 4.35. The minimum atomic E-state index is 0.517. The van der Waals surface area contributed by atoms with Gasteiger partial charge in [-0.1, -0.05) is 66.2 Å². The Kier molecular flexibility index (Phi) is 2.40. The minimum Gasteiger partial charge on any atom is -0.192 e. The predicted octanol–water partition coefficient (Wildman–Crippen LogP) is 6.26. The van der Waals surface area contributed by atoms with Crippen LogP contribution in [0.4, 0.5) is 0 Å². The highest BCUT2D eigenvalue weighted by atomic mass is 35.5. The molecule has 106 valence electrons. The summed E-state index contributed by atoms with van der Waals surface area (Å²) in [5.74, 6) is 0. The summed E-state index contributed by atoms with van der Waals surface area (Å²) in [6, 6.07) is 23.1. The van der Waals surface area contributed by atoms with Gasteiger partial charge in [0.25, 0.3) is 0 Å². The molecular formula is C21H10ClN.